The van der Waals surface area contributed by atoms with Crippen molar-refractivity contribution < 1.29 is 4.42 Å². The Balaban J connectivity index is 1.33. The van der Waals surface area contributed by atoms with Crippen LogP contribution in [0.5, 0.6) is 0 Å². The Labute approximate surface area is 171 Å². The van der Waals surface area contributed by atoms with Crippen LogP contribution in [0.25, 0.3) is 10.6 Å². The largest absolute Gasteiger partial charge is 0.467 e. The quantitative estimate of drug-likeness (QED) is 0.342. The molecule has 0 unspecified atom stereocenters. The molecule has 0 atom stereocenters. The first kappa shape index (κ1) is 17.7. The zero-order valence-corrected chi connectivity index (χ0v) is 17.4. The van der Waals surface area contributed by atoms with E-state index in [0.29, 0.717) is 6.54 Å². The summed E-state index contributed by atoms with van der Waals surface area (Å²) < 4.78 is 7.27. The van der Waals surface area contributed by atoms with Crippen LogP contribution in [-0.2, 0) is 12.3 Å². The minimum Gasteiger partial charge on any atom is -0.467 e. The molecule has 1 N–H and O–H groups in total. The molecular weight excluding hydrogens is 452 g/mol. The molecule has 0 aliphatic rings. The first-order valence-electron chi connectivity index (χ1n) is 7.69. The van der Waals surface area contributed by atoms with Gasteiger partial charge in [0.25, 0.3) is 0 Å². The Bertz CT molecular complexity index is 983. The van der Waals surface area contributed by atoms with Gasteiger partial charge in [0, 0.05) is 21.2 Å². The van der Waals surface area contributed by atoms with Gasteiger partial charge in [0.05, 0.1) is 18.5 Å². The SMILES string of the molecule is Brc1cccc(-c2nc(CSc3nnc(NCc4ccco4)s3)cs2)c1. The Hall–Kier alpha value is -1.68. The summed E-state index contributed by atoms with van der Waals surface area (Å²) in [5.74, 6) is 1.65. The normalized spacial score (nSPS) is 11.0. The molecule has 132 valence electrons. The van der Waals surface area contributed by atoms with Crippen molar-refractivity contribution in [2.45, 2.75) is 16.6 Å². The van der Waals surface area contributed by atoms with E-state index in [0.717, 1.165) is 41.7 Å². The average molecular weight is 465 g/mol. The van der Waals surface area contributed by atoms with Gasteiger partial charge in [-0.05, 0) is 24.3 Å². The van der Waals surface area contributed by atoms with Crippen LogP contribution < -0.4 is 5.32 Å². The first-order valence-corrected chi connectivity index (χ1v) is 11.2. The summed E-state index contributed by atoms with van der Waals surface area (Å²) in [4.78, 5) is 4.72. The molecule has 3 aromatic heterocycles. The van der Waals surface area contributed by atoms with Gasteiger partial charge >= 0.3 is 0 Å². The monoisotopic (exact) mass is 464 g/mol. The van der Waals surface area contributed by atoms with E-state index in [1.54, 1.807) is 29.4 Å². The number of rotatable bonds is 7. The molecule has 5 nitrogen and oxygen atoms in total. The summed E-state index contributed by atoms with van der Waals surface area (Å²) in [5.41, 5.74) is 2.18. The van der Waals surface area contributed by atoms with E-state index in [2.05, 4.69) is 49.0 Å². The van der Waals surface area contributed by atoms with Crippen LogP contribution >= 0.6 is 50.4 Å². The summed E-state index contributed by atoms with van der Waals surface area (Å²) in [7, 11) is 0. The van der Waals surface area contributed by atoms with Gasteiger partial charge in [0.2, 0.25) is 5.13 Å². The Morgan fingerprint density at radius 3 is 3.00 bits per heavy atom. The molecule has 3 heterocycles. The number of benzene rings is 1. The van der Waals surface area contributed by atoms with Crippen molar-refractivity contribution in [2.75, 3.05) is 5.32 Å². The van der Waals surface area contributed by atoms with Gasteiger partial charge < -0.3 is 9.73 Å². The van der Waals surface area contributed by atoms with Crippen molar-refractivity contribution in [1.82, 2.24) is 15.2 Å². The van der Waals surface area contributed by atoms with E-state index in [-0.39, 0.29) is 0 Å². The molecular formula is C17H13BrN4OS3. The van der Waals surface area contributed by atoms with Crippen LogP contribution in [-0.4, -0.2) is 15.2 Å². The van der Waals surface area contributed by atoms with Gasteiger partial charge in [-0.3, -0.25) is 0 Å². The molecule has 0 aliphatic heterocycles. The summed E-state index contributed by atoms with van der Waals surface area (Å²) in [5, 5.41) is 15.5. The molecule has 0 fully saturated rings. The van der Waals surface area contributed by atoms with Crippen LogP contribution in [0.2, 0.25) is 0 Å². The Kier molecular flexibility index (Phi) is 5.68. The fourth-order valence-corrected chi connectivity index (χ4v) is 5.14. The number of thioether (sulfide) groups is 1. The maximum Gasteiger partial charge on any atom is 0.206 e. The number of anilines is 1. The van der Waals surface area contributed by atoms with E-state index >= 15 is 0 Å². The lowest BCUT2D eigenvalue weighted by atomic mass is 10.2. The minimum absolute atomic E-state index is 0.606. The molecule has 4 aromatic rings. The standard InChI is InChI=1S/C17H13BrN4OS3/c18-12-4-1-3-11(7-12)15-20-13(9-24-15)10-25-17-22-21-16(26-17)19-8-14-5-2-6-23-14/h1-7,9H,8,10H2,(H,19,21). The van der Waals surface area contributed by atoms with Crippen molar-refractivity contribution in [3.63, 3.8) is 0 Å². The number of aromatic nitrogens is 3. The molecule has 4 rings (SSSR count). The van der Waals surface area contributed by atoms with Crippen molar-refractivity contribution in [3.05, 3.63) is 64.0 Å². The third-order valence-electron chi connectivity index (χ3n) is 3.37. The lowest BCUT2D eigenvalue weighted by Gasteiger charge is -1.97. The minimum atomic E-state index is 0.606. The molecule has 0 amide bonds. The fraction of sp³-hybridized carbons (Fsp3) is 0.118. The zero-order chi connectivity index (χ0) is 17.8. The summed E-state index contributed by atoms with van der Waals surface area (Å²) in [6.45, 7) is 0.606. The second-order valence-electron chi connectivity index (χ2n) is 5.25. The van der Waals surface area contributed by atoms with E-state index in [1.165, 1.54) is 11.3 Å². The number of thiazole rings is 1. The van der Waals surface area contributed by atoms with Gasteiger partial charge in [-0.2, -0.15) is 0 Å². The highest BCUT2D eigenvalue weighted by Gasteiger charge is 2.09. The van der Waals surface area contributed by atoms with Gasteiger partial charge in [0.15, 0.2) is 4.34 Å². The van der Waals surface area contributed by atoms with Crippen molar-refractivity contribution >= 4 is 55.5 Å². The Morgan fingerprint density at radius 2 is 2.15 bits per heavy atom. The highest BCUT2D eigenvalue weighted by atomic mass is 79.9. The molecule has 1 aromatic carbocycles. The lowest BCUT2D eigenvalue weighted by molar-refractivity contribution is 0.518. The molecule has 0 bridgehead atoms. The van der Waals surface area contributed by atoms with Crippen LogP contribution in [0.4, 0.5) is 5.13 Å². The van der Waals surface area contributed by atoms with Crippen molar-refractivity contribution in [3.8, 4) is 10.6 Å². The number of hydrogen-bond acceptors (Lipinski definition) is 8. The van der Waals surface area contributed by atoms with E-state index < -0.39 is 0 Å². The number of furan rings is 1. The highest BCUT2D eigenvalue weighted by molar-refractivity contribution is 9.10. The molecule has 0 saturated carbocycles. The second-order valence-corrected chi connectivity index (χ2v) is 9.22. The predicted octanol–water partition coefficient (Wildman–Crippen LogP) is 5.92. The van der Waals surface area contributed by atoms with E-state index in [4.69, 9.17) is 9.40 Å². The molecule has 0 spiro atoms. The van der Waals surface area contributed by atoms with Crippen LogP contribution in [0.1, 0.15) is 11.5 Å². The van der Waals surface area contributed by atoms with Gasteiger partial charge in [-0.1, -0.05) is 51.2 Å². The highest BCUT2D eigenvalue weighted by Crippen LogP contribution is 2.31. The summed E-state index contributed by atoms with van der Waals surface area (Å²) in [6.07, 6.45) is 1.66. The topological polar surface area (TPSA) is 63.8 Å². The maximum absolute atomic E-state index is 5.29. The van der Waals surface area contributed by atoms with Crippen LogP contribution in [0.15, 0.2) is 61.3 Å². The maximum atomic E-state index is 5.29. The number of hydrogen-bond donors (Lipinski definition) is 1. The van der Waals surface area contributed by atoms with Crippen LogP contribution in [0.3, 0.4) is 0 Å². The van der Waals surface area contributed by atoms with Gasteiger partial charge in [-0.25, -0.2) is 4.98 Å². The zero-order valence-electron chi connectivity index (χ0n) is 13.4. The number of nitrogens with zero attached hydrogens (tertiary/aromatic N) is 3. The molecule has 26 heavy (non-hydrogen) atoms. The number of nitrogens with one attached hydrogen (secondary N) is 1. The van der Waals surface area contributed by atoms with E-state index in [9.17, 15) is 0 Å². The third-order valence-corrected chi connectivity index (χ3v) is 6.85. The smallest absolute Gasteiger partial charge is 0.206 e. The number of halogens is 1. The van der Waals surface area contributed by atoms with Crippen molar-refractivity contribution in [2.24, 2.45) is 0 Å². The van der Waals surface area contributed by atoms with Gasteiger partial charge in [-0.15, -0.1) is 21.5 Å². The molecule has 0 aliphatic carbocycles. The lowest BCUT2D eigenvalue weighted by Crippen LogP contribution is -1.96. The molecule has 0 saturated heterocycles. The van der Waals surface area contributed by atoms with E-state index in [1.807, 2.05) is 24.3 Å². The second kappa shape index (κ2) is 8.34. The van der Waals surface area contributed by atoms with Crippen molar-refractivity contribution in [1.29, 1.82) is 0 Å². The predicted molar refractivity (Wildman–Crippen MR) is 111 cm³/mol. The van der Waals surface area contributed by atoms with Gasteiger partial charge in [0.1, 0.15) is 10.8 Å². The summed E-state index contributed by atoms with van der Waals surface area (Å²) in [6, 6.07) is 12.0. The molecule has 0 radical (unpaired) electrons. The van der Waals surface area contributed by atoms with Crippen LogP contribution in [0, 0.1) is 0 Å². The molecule has 9 heteroatoms. The third kappa shape index (κ3) is 4.53. The Morgan fingerprint density at radius 1 is 1.19 bits per heavy atom. The first-order chi connectivity index (χ1) is 12.8. The average Bonchev–Trinajstić information content (AvgIpc) is 3.39. The summed E-state index contributed by atoms with van der Waals surface area (Å²) >= 11 is 8.34. The fourth-order valence-electron chi connectivity index (χ4n) is 2.18.